The number of esters is 1. The van der Waals surface area contributed by atoms with E-state index in [1.807, 2.05) is 0 Å². The Hall–Kier alpha value is -4.48. The maximum Gasteiger partial charge on any atom is 0.408 e. The molecule has 0 unspecified atom stereocenters. The highest BCUT2D eigenvalue weighted by Gasteiger charge is 2.47. The molecule has 1 aliphatic heterocycles. The van der Waals surface area contributed by atoms with Gasteiger partial charge in [-0.3, -0.25) is 14.6 Å². The van der Waals surface area contributed by atoms with Gasteiger partial charge < -0.3 is 15.0 Å². The van der Waals surface area contributed by atoms with E-state index < -0.39 is 46.8 Å². The van der Waals surface area contributed by atoms with Crippen LogP contribution in [0, 0.1) is 29.9 Å². The zero-order chi connectivity index (χ0) is 29.4. The van der Waals surface area contributed by atoms with E-state index in [0.29, 0.717) is 35.9 Å². The van der Waals surface area contributed by atoms with Crippen molar-refractivity contribution in [2.45, 2.75) is 44.9 Å². The van der Waals surface area contributed by atoms with Gasteiger partial charge in [0.2, 0.25) is 0 Å². The number of halogens is 5. The van der Waals surface area contributed by atoms with Gasteiger partial charge in [-0.2, -0.15) is 28.6 Å². The van der Waals surface area contributed by atoms with Crippen molar-refractivity contribution in [3.05, 3.63) is 53.1 Å². The number of aromatic amines is 1. The number of nitriles is 1. The van der Waals surface area contributed by atoms with E-state index in [9.17, 15) is 36.8 Å². The molecule has 2 N–H and O–H groups in total. The van der Waals surface area contributed by atoms with E-state index in [-0.39, 0.29) is 37.5 Å². The van der Waals surface area contributed by atoms with Gasteiger partial charge in [0, 0.05) is 42.2 Å². The van der Waals surface area contributed by atoms with Crippen LogP contribution in [0.15, 0.2) is 24.5 Å². The average Bonchev–Trinajstić information content (AvgIpc) is 3.48. The third-order valence-electron chi connectivity index (χ3n) is 6.63. The predicted molar refractivity (Wildman–Crippen MR) is 130 cm³/mol. The molecule has 10 nitrogen and oxygen atoms in total. The van der Waals surface area contributed by atoms with Gasteiger partial charge >= 0.3 is 12.1 Å². The van der Waals surface area contributed by atoms with Crippen LogP contribution in [0.3, 0.4) is 0 Å². The number of aromatic nitrogens is 4. The number of nitrogens with zero attached hydrogens (tertiary/aromatic N) is 5. The smallest absolute Gasteiger partial charge is 0.408 e. The number of carbonyl (C=O) groups is 2. The quantitative estimate of drug-likeness (QED) is 0.314. The molecule has 0 aliphatic carbocycles. The molecular weight excluding hydrogens is 541 g/mol. The van der Waals surface area contributed by atoms with Crippen molar-refractivity contribution in [2.75, 3.05) is 24.6 Å². The third-order valence-corrected chi connectivity index (χ3v) is 6.63. The van der Waals surface area contributed by atoms with Gasteiger partial charge in [-0.15, -0.1) is 0 Å². The number of aryl methyl sites for hydroxylation is 1. The summed E-state index contributed by atoms with van der Waals surface area (Å²) in [5.74, 6) is -4.37. The Kier molecular flexibility index (Phi) is 7.55. The van der Waals surface area contributed by atoms with Gasteiger partial charge in [0.15, 0.2) is 5.69 Å². The predicted octanol–water partition coefficient (Wildman–Crippen LogP) is 3.85. The van der Waals surface area contributed by atoms with Gasteiger partial charge in [-0.05, 0) is 26.8 Å². The fraction of sp³-hybridized carbons (Fsp3) is 0.400. The van der Waals surface area contributed by atoms with Crippen LogP contribution in [-0.4, -0.2) is 63.8 Å². The van der Waals surface area contributed by atoms with Crippen LogP contribution >= 0.6 is 0 Å². The lowest BCUT2D eigenvalue weighted by Crippen LogP contribution is -2.63. The normalized spacial score (nSPS) is 15.2. The first kappa shape index (κ1) is 28.5. The first-order valence-electron chi connectivity index (χ1n) is 12.1. The topological polar surface area (TPSA) is 129 Å². The number of nitrogens with one attached hydrogen (secondary N) is 2. The number of hydrogen-bond acceptors (Lipinski definition) is 7. The summed E-state index contributed by atoms with van der Waals surface area (Å²) in [6.07, 6.45) is -1.79. The molecule has 0 spiro atoms. The lowest BCUT2D eigenvalue weighted by atomic mass is 9.86. The zero-order valence-corrected chi connectivity index (χ0v) is 21.6. The monoisotopic (exact) mass is 565 g/mol. The summed E-state index contributed by atoms with van der Waals surface area (Å²) in [6.45, 7) is 4.11. The van der Waals surface area contributed by atoms with E-state index in [2.05, 4.69) is 21.4 Å². The minimum atomic E-state index is -4.76. The van der Waals surface area contributed by atoms with Crippen LogP contribution in [-0.2, 0) is 10.3 Å². The highest BCUT2D eigenvalue weighted by Crippen LogP contribution is 2.39. The molecule has 3 heterocycles. The summed E-state index contributed by atoms with van der Waals surface area (Å²) >= 11 is 0. The number of alkyl halides is 3. The fourth-order valence-corrected chi connectivity index (χ4v) is 4.41. The Morgan fingerprint density at radius 3 is 2.52 bits per heavy atom. The second-order valence-corrected chi connectivity index (χ2v) is 9.40. The van der Waals surface area contributed by atoms with Crippen LogP contribution in [0.25, 0.3) is 11.1 Å². The molecule has 3 aromatic rings. The second-order valence-electron chi connectivity index (χ2n) is 9.40. The number of amides is 1. The minimum Gasteiger partial charge on any atom is -0.461 e. The van der Waals surface area contributed by atoms with Crippen LogP contribution in [0.2, 0.25) is 0 Å². The maximum atomic E-state index is 15.0. The van der Waals surface area contributed by atoms with Crippen molar-refractivity contribution < 1.29 is 36.3 Å². The van der Waals surface area contributed by atoms with E-state index in [1.165, 1.54) is 15.8 Å². The molecule has 1 amide bonds. The standard InChI is InChI=1S/C25H24F5N7O3/c1-4-40-23(39)21-17(16-9-32-34-13(16)2)10-37(35-21)24(5-6-31)11-36(12-24)20-8-18(26)15(7-19(20)27)22(38)33-14(3)25(28,29)30/h7-10,14H,4-5,11-12H2,1-3H3,(H,32,34)(H,33,38)/t14-/m0/s1. The van der Waals surface area contributed by atoms with Crippen molar-refractivity contribution in [2.24, 2.45) is 0 Å². The van der Waals surface area contributed by atoms with Gasteiger partial charge in [-0.1, -0.05) is 0 Å². The van der Waals surface area contributed by atoms with Crippen LogP contribution in [0.4, 0.5) is 27.6 Å². The lowest BCUT2D eigenvalue weighted by Gasteiger charge is -2.50. The molecule has 2 aromatic heterocycles. The van der Waals surface area contributed by atoms with Crippen LogP contribution < -0.4 is 10.2 Å². The fourth-order valence-electron chi connectivity index (χ4n) is 4.41. The Morgan fingerprint density at radius 1 is 1.25 bits per heavy atom. The number of anilines is 1. The van der Waals surface area contributed by atoms with Crippen molar-refractivity contribution in [1.82, 2.24) is 25.3 Å². The molecule has 1 aliphatic rings. The molecule has 4 rings (SSSR count). The largest absolute Gasteiger partial charge is 0.461 e. The average molecular weight is 566 g/mol. The SMILES string of the molecule is CCOC(=O)c1nn(C2(CC#N)CN(c3cc(F)c(C(=O)N[C@@H](C)C(F)(F)F)cc3F)C2)cc1-c1cn[nH]c1C. The van der Waals surface area contributed by atoms with Crippen molar-refractivity contribution in [1.29, 1.82) is 5.26 Å². The first-order chi connectivity index (χ1) is 18.8. The summed E-state index contributed by atoms with van der Waals surface area (Å²) in [5, 5.41) is 22.3. The summed E-state index contributed by atoms with van der Waals surface area (Å²) in [6, 6.07) is 1.03. The molecule has 15 heteroatoms. The zero-order valence-electron chi connectivity index (χ0n) is 21.6. The molecule has 1 atom stereocenters. The highest BCUT2D eigenvalue weighted by molar-refractivity contribution is 5.96. The van der Waals surface area contributed by atoms with Crippen LogP contribution in [0.5, 0.6) is 0 Å². The molecule has 1 aromatic carbocycles. The number of ether oxygens (including phenoxy) is 1. The Morgan fingerprint density at radius 2 is 1.95 bits per heavy atom. The van der Waals surface area contributed by atoms with E-state index >= 15 is 0 Å². The minimum absolute atomic E-state index is 0.0113. The summed E-state index contributed by atoms with van der Waals surface area (Å²) < 4.78 is 74.6. The third kappa shape index (κ3) is 5.21. The summed E-state index contributed by atoms with van der Waals surface area (Å²) in [7, 11) is 0. The van der Waals surface area contributed by atoms with Gasteiger partial charge in [-0.25, -0.2) is 13.6 Å². The number of H-pyrrole nitrogens is 1. The van der Waals surface area contributed by atoms with Crippen LogP contribution in [0.1, 0.15) is 46.8 Å². The maximum absolute atomic E-state index is 15.0. The number of rotatable bonds is 8. The summed E-state index contributed by atoms with van der Waals surface area (Å²) in [4.78, 5) is 26.2. The molecule has 0 saturated carbocycles. The van der Waals surface area contributed by atoms with E-state index in [1.54, 1.807) is 25.4 Å². The molecule has 1 saturated heterocycles. The number of hydrogen-bond donors (Lipinski definition) is 2. The van der Waals surface area contributed by atoms with Gasteiger partial charge in [0.25, 0.3) is 5.91 Å². The van der Waals surface area contributed by atoms with Crippen molar-refractivity contribution >= 4 is 17.6 Å². The molecular formula is C25H24F5N7O3. The molecule has 0 radical (unpaired) electrons. The van der Waals surface area contributed by atoms with Gasteiger partial charge in [0.1, 0.15) is 23.2 Å². The molecule has 0 bridgehead atoms. The Bertz CT molecular complexity index is 1480. The van der Waals surface area contributed by atoms with Crippen molar-refractivity contribution in [3.8, 4) is 17.2 Å². The molecule has 1 fully saturated rings. The Labute approximate surface area is 224 Å². The first-order valence-corrected chi connectivity index (χ1v) is 12.1. The molecule has 212 valence electrons. The van der Waals surface area contributed by atoms with E-state index in [4.69, 9.17) is 4.74 Å². The van der Waals surface area contributed by atoms with Gasteiger partial charge in [0.05, 0.1) is 36.5 Å². The molecule has 40 heavy (non-hydrogen) atoms. The van der Waals surface area contributed by atoms with E-state index in [0.717, 1.165) is 0 Å². The lowest BCUT2D eigenvalue weighted by molar-refractivity contribution is -0.149. The number of carbonyl (C=O) groups excluding carboxylic acids is 2. The highest BCUT2D eigenvalue weighted by atomic mass is 19.4. The Balaban J connectivity index is 1.63. The van der Waals surface area contributed by atoms with Crippen molar-refractivity contribution in [3.63, 3.8) is 0 Å². The number of benzene rings is 1. The summed E-state index contributed by atoms with van der Waals surface area (Å²) in [5.41, 5.74) is -0.542. The second kappa shape index (κ2) is 10.6.